The predicted octanol–water partition coefficient (Wildman–Crippen LogP) is 2.38. The summed E-state index contributed by atoms with van der Waals surface area (Å²) in [6, 6.07) is 0. The molecule has 0 unspecified atom stereocenters. The zero-order valence-corrected chi connectivity index (χ0v) is 15.0. The van der Waals surface area contributed by atoms with Gasteiger partial charge in [0.15, 0.2) is 0 Å². The van der Waals surface area contributed by atoms with E-state index in [1.165, 1.54) is 6.20 Å². The van der Waals surface area contributed by atoms with Crippen molar-refractivity contribution in [2.24, 2.45) is 7.05 Å². The topological polar surface area (TPSA) is 85.2 Å². The first kappa shape index (κ1) is 18.3. The van der Waals surface area contributed by atoms with Crippen LogP contribution < -0.4 is 10.6 Å². The average molecular weight is 336 g/mol. The molecule has 1 aliphatic rings. The number of ether oxygens (including phenoxy) is 1. The summed E-state index contributed by atoms with van der Waals surface area (Å²) in [5.74, 6) is -0.181. The van der Waals surface area contributed by atoms with Crippen molar-refractivity contribution in [2.75, 3.05) is 6.54 Å². The highest BCUT2D eigenvalue weighted by molar-refractivity contribution is 5.93. The molecule has 0 radical (unpaired) electrons. The highest BCUT2D eigenvalue weighted by Crippen LogP contribution is 2.28. The molecule has 1 aromatic rings. The van der Waals surface area contributed by atoms with Gasteiger partial charge in [0.25, 0.3) is 5.91 Å². The number of rotatable bonds is 4. The standard InChI is InChI=1S/C17H28N4O3/c1-16(2,3)24-15(23)20-17(8-6-5-7-9-17)12-18-14(22)13-10-19-21(4)11-13/h10-11H,5-9,12H2,1-4H3,(H,18,22)(H,20,23). The van der Waals surface area contributed by atoms with Crippen LogP contribution in [0.25, 0.3) is 0 Å². The molecule has 1 aliphatic carbocycles. The summed E-state index contributed by atoms with van der Waals surface area (Å²) in [7, 11) is 1.77. The molecule has 0 aliphatic heterocycles. The van der Waals surface area contributed by atoms with Gasteiger partial charge in [0.1, 0.15) is 5.60 Å². The number of nitrogens with zero attached hydrogens (tertiary/aromatic N) is 2. The summed E-state index contributed by atoms with van der Waals surface area (Å²) in [5.41, 5.74) is -0.474. The van der Waals surface area contributed by atoms with Gasteiger partial charge in [-0.1, -0.05) is 19.3 Å². The third kappa shape index (κ3) is 5.25. The molecule has 1 aromatic heterocycles. The molecule has 134 valence electrons. The molecule has 2 N–H and O–H groups in total. The maximum absolute atomic E-state index is 12.2. The number of amides is 2. The minimum Gasteiger partial charge on any atom is -0.444 e. The van der Waals surface area contributed by atoms with Crippen molar-refractivity contribution in [3.8, 4) is 0 Å². The highest BCUT2D eigenvalue weighted by Gasteiger charge is 2.35. The van der Waals surface area contributed by atoms with Gasteiger partial charge in [-0.25, -0.2) is 4.79 Å². The van der Waals surface area contributed by atoms with E-state index in [9.17, 15) is 9.59 Å². The molecule has 2 rings (SSSR count). The van der Waals surface area contributed by atoms with Crippen LogP contribution in [0.3, 0.4) is 0 Å². The molecule has 1 fully saturated rings. The lowest BCUT2D eigenvalue weighted by molar-refractivity contribution is 0.0419. The predicted molar refractivity (Wildman–Crippen MR) is 90.7 cm³/mol. The van der Waals surface area contributed by atoms with Crippen molar-refractivity contribution in [1.29, 1.82) is 0 Å². The fourth-order valence-electron chi connectivity index (χ4n) is 2.98. The molecule has 0 bridgehead atoms. The number of hydrogen-bond donors (Lipinski definition) is 2. The number of carbonyl (C=O) groups excluding carboxylic acids is 2. The van der Waals surface area contributed by atoms with Crippen LogP contribution in [0, 0.1) is 0 Å². The lowest BCUT2D eigenvalue weighted by Crippen LogP contribution is -2.57. The van der Waals surface area contributed by atoms with Gasteiger partial charge in [-0.05, 0) is 33.6 Å². The lowest BCUT2D eigenvalue weighted by Gasteiger charge is -2.38. The molecular weight excluding hydrogens is 308 g/mol. The van der Waals surface area contributed by atoms with Gasteiger partial charge in [0.2, 0.25) is 0 Å². The Hall–Kier alpha value is -2.05. The maximum Gasteiger partial charge on any atom is 0.408 e. The molecule has 0 spiro atoms. The maximum atomic E-state index is 12.2. The number of hydrogen-bond acceptors (Lipinski definition) is 4. The Kier molecular flexibility index (Phi) is 5.51. The van der Waals surface area contributed by atoms with E-state index in [2.05, 4.69) is 15.7 Å². The molecule has 1 saturated carbocycles. The minimum absolute atomic E-state index is 0.181. The van der Waals surface area contributed by atoms with Crippen molar-refractivity contribution in [1.82, 2.24) is 20.4 Å². The van der Waals surface area contributed by atoms with Crippen molar-refractivity contribution >= 4 is 12.0 Å². The summed E-state index contributed by atoms with van der Waals surface area (Å²) in [4.78, 5) is 24.4. The van der Waals surface area contributed by atoms with E-state index in [4.69, 9.17) is 4.74 Å². The van der Waals surface area contributed by atoms with E-state index in [1.807, 2.05) is 20.8 Å². The Morgan fingerprint density at radius 2 is 1.96 bits per heavy atom. The van der Waals surface area contributed by atoms with Crippen LogP contribution >= 0.6 is 0 Å². The van der Waals surface area contributed by atoms with E-state index in [1.54, 1.807) is 17.9 Å². The summed E-state index contributed by atoms with van der Waals surface area (Å²) in [6.45, 7) is 5.90. The number of alkyl carbamates (subject to hydrolysis) is 1. The van der Waals surface area contributed by atoms with Crippen LogP contribution in [0.15, 0.2) is 12.4 Å². The van der Waals surface area contributed by atoms with Crippen molar-refractivity contribution in [3.05, 3.63) is 18.0 Å². The number of aromatic nitrogens is 2. The Labute approximate surface area is 143 Å². The van der Waals surface area contributed by atoms with Gasteiger partial charge >= 0.3 is 6.09 Å². The Morgan fingerprint density at radius 3 is 2.50 bits per heavy atom. The summed E-state index contributed by atoms with van der Waals surface area (Å²) < 4.78 is 6.97. The van der Waals surface area contributed by atoms with E-state index in [0.717, 1.165) is 32.1 Å². The molecule has 0 aromatic carbocycles. The van der Waals surface area contributed by atoms with E-state index in [0.29, 0.717) is 12.1 Å². The van der Waals surface area contributed by atoms with Crippen LogP contribution in [0.1, 0.15) is 63.2 Å². The Balaban J connectivity index is 1.99. The highest BCUT2D eigenvalue weighted by atomic mass is 16.6. The van der Waals surface area contributed by atoms with Gasteiger partial charge in [-0.15, -0.1) is 0 Å². The Bertz CT molecular complexity index is 583. The SMILES string of the molecule is Cn1cc(C(=O)NCC2(NC(=O)OC(C)(C)C)CCCCC2)cn1. The molecule has 2 amide bonds. The third-order valence-corrected chi connectivity index (χ3v) is 4.13. The molecule has 24 heavy (non-hydrogen) atoms. The first-order valence-electron chi connectivity index (χ1n) is 8.47. The molecule has 0 atom stereocenters. The third-order valence-electron chi connectivity index (χ3n) is 4.13. The van der Waals surface area contributed by atoms with Gasteiger partial charge in [-0.3, -0.25) is 9.48 Å². The molecule has 7 nitrogen and oxygen atoms in total. The fraction of sp³-hybridized carbons (Fsp3) is 0.706. The van der Waals surface area contributed by atoms with Crippen LogP contribution in [-0.4, -0.2) is 39.5 Å². The molecule has 7 heteroatoms. The number of aryl methyl sites for hydroxylation is 1. The van der Waals surface area contributed by atoms with E-state index >= 15 is 0 Å². The smallest absolute Gasteiger partial charge is 0.408 e. The monoisotopic (exact) mass is 336 g/mol. The second-order valence-electron chi connectivity index (χ2n) is 7.55. The quantitative estimate of drug-likeness (QED) is 0.884. The molecular formula is C17H28N4O3. The summed E-state index contributed by atoms with van der Waals surface area (Å²) in [6.07, 6.45) is 7.64. The second kappa shape index (κ2) is 7.23. The van der Waals surface area contributed by atoms with Crippen molar-refractivity contribution in [3.63, 3.8) is 0 Å². The number of carbonyl (C=O) groups is 2. The fourth-order valence-corrected chi connectivity index (χ4v) is 2.98. The second-order valence-corrected chi connectivity index (χ2v) is 7.55. The van der Waals surface area contributed by atoms with Gasteiger partial charge in [0.05, 0.1) is 17.3 Å². The average Bonchev–Trinajstić information content (AvgIpc) is 2.90. The van der Waals surface area contributed by atoms with Crippen molar-refractivity contribution < 1.29 is 14.3 Å². The zero-order valence-electron chi connectivity index (χ0n) is 15.0. The van der Waals surface area contributed by atoms with Gasteiger partial charge < -0.3 is 15.4 Å². The molecule has 1 heterocycles. The number of nitrogens with one attached hydrogen (secondary N) is 2. The van der Waals surface area contributed by atoms with Crippen LogP contribution in [0.4, 0.5) is 4.79 Å². The summed E-state index contributed by atoms with van der Waals surface area (Å²) in [5, 5.41) is 9.94. The van der Waals surface area contributed by atoms with Crippen LogP contribution in [0.5, 0.6) is 0 Å². The van der Waals surface area contributed by atoms with Crippen LogP contribution in [-0.2, 0) is 11.8 Å². The first-order chi connectivity index (χ1) is 11.2. The first-order valence-corrected chi connectivity index (χ1v) is 8.47. The molecule has 0 saturated heterocycles. The summed E-state index contributed by atoms with van der Waals surface area (Å²) >= 11 is 0. The Morgan fingerprint density at radius 1 is 1.29 bits per heavy atom. The van der Waals surface area contributed by atoms with E-state index < -0.39 is 17.2 Å². The van der Waals surface area contributed by atoms with Crippen molar-refractivity contribution in [2.45, 2.75) is 64.0 Å². The van der Waals surface area contributed by atoms with Gasteiger partial charge in [0, 0.05) is 19.8 Å². The van der Waals surface area contributed by atoms with Crippen LogP contribution in [0.2, 0.25) is 0 Å². The normalized spacial score (nSPS) is 17.2. The zero-order chi connectivity index (χ0) is 17.8. The largest absolute Gasteiger partial charge is 0.444 e. The van der Waals surface area contributed by atoms with Gasteiger partial charge in [-0.2, -0.15) is 5.10 Å². The van der Waals surface area contributed by atoms with E-state index in [-0.39, 0.29) is 5.91 Å². The minimum atomic E-state index is -0.543. The lowest BCUT2D eigenvalue weighted by atomic mass is 9.81.